The van der Waals surface area contributed by atoms with Crippen molar-refractivity contribution in [3.8, 4) is 0 Å². The lowest BCUT2D eigenvalue weighted by atomic mass is 9.81. The number of hydrogen-bond acceptors (Lipinski definition) is 2. The van der Waals surface area contributed by atoms with Crippen LogP contribution in [0.25, 0.3) is 0 Å². The topological polar surface area (TPSA) is 18.5 Å². The van der Waals surface area contributed by atoms with Gasteiger partial charge in [0.15, 0.2) is 0 Å². The maximum Gasteiger partial charge on any atom is 0.0951 e. The lowest BCUT2D eigenvalue weighted by molar-refractivity contribution is -0.0437. The van der Waals surface area contributed by atoms with Crippen LogP contribution >= 0.6 is 0 Å². The number of allylic oxidation sites excluding steroid dienone is 1. The van der Waals surface area contributed by atoms with Gasteiger partial charge in [-0.1, -0.05) is 13.3 Å². The number of hydrogen-bond donors (Lipinski definition) is 0. The summed E-state index contributed by atoms with van der Waals surface area (Å²) in [6.45, 7) is 4.91. The highest BCUT2D eigenvalue weighted by atomic mass is 16.5. The minimum Gasteiger partial charge on any atom is -0.501 e. The zero-order valence-electron chi connectivity index (χ0n) is 11.2. The molecular weight excluding hydrogens is 212 g/mol. The van der Waals surface area contributed by atoms with Crippen molar-refractivity contribution in [3.63, 3.8) is 0 Å². The average Bonchev–Trinajstić information content (AvgIpc) is 2.41. The van der Waals surface area contributed by atoms with Gasteiger partial charge in [0.2, 0.25) is 0 Å². The van der Waals surface area contributed by atoms with Crippen LogP contribution in [0.15, 0.2) is 11.8 Å². The van der Waals surface area contributed by atoms with E-state index in [-0.39, 0.29) is 5.41 Å². The summed E-state index contributed by atoms with van der Waals surface area (Å²) < 4.78 is 11.5. The van der Waals surface area contributed by atoms with Gasteiger partial charge < -0.3 is 9.47 Å². The van der Waals surface area contributed by atoms with E-state index in [9.17, 15) is 0 Å². The van der Waals surface area contributed by atoms with Crippen molar-refractivity contribution >= 4 is 0 Å². The largest absolute Gasteiger partial charge is 0.501 e. The monoisotopic (exact) mass is 238 g/mol. The molecule has 17 heavy (non-hydrogen) atoms. The molecule has 2 nitrogen and oxygen atoms in total. The van der Waals surface area contributed by atoms with E-state index in [1.54, 1.807) is 0 Å². The molecule has 1 saturated carbocycles. The standard InChI is InChI=1S/C15H26O2/c1-2-15(9-6-10-16-12-15)13-17-11-14-7-4-3-5-8-14/h11H,2-10,12-13H2,1H3. The highest BCUT2D eigenvalue weighted by Gasteiger charge is 2.31. The van der Waals surface area contributed by atoms with Crippen LogP contribution in [-0.2, 0) is 9.47 Å². The highest BCUT2D eigenvalue weighted by Crippen LogP contribution is 2.33. The lowest BCUT2D eigenvalue weighted by Crippen LogP contribution is -2.35. The lowest BCUT2D eigenvalue weighted by Gasteiger charge is -2.35. The second-order valence-electron chi connectivity index (χ2n) is 5.66. The van der Waals surface area contributed by atoms with Crippen LogP contribution in [0, 0.1) is 5.41 Å². The summed E-state index contributed by atoms with van der Waals surface area (Å²) in [6.07, 6.45) is 12.2. The predicted octanol–water partition coefficient (Wildman–Crippen LogP) is 4.06. The first kappa shape index (κ1) is 12.9. The molecule has 2 rings (SSSR count). The molecule has 0 aromatic rings. The minimum absolute atomic E-state index is 0.282. The average molecular weight is 238 g/mol. The van der Waals surface area contributed by atoms with Gasteiger partial charge in [-0.3, -0.25) is 0 Å². The van der Waals surface area contributed by atoms with E-state index in [2.05, 4.69) is 6.92 Å². The van der Waals surface area contributed by atoms with E-state index in [1.165, 1.54) is 50.5 Å². The Kier molecular flexibility index (Phi) is 4.90. The molecule has 0 aromatic heterocycles. The molecule has 1 heterocycles. The SMILES string of the molecule is CCC1(COC=C2CCCCC2)CCCOC1. The highest BCUT2D eigenvalue weighted by molar-refractivity contribution is 5.00. The molecule has 0 bridgehead atoms. The molecule has 0 N–H and O–H groups in total. The molecule has 1 atom stereocenters. The molecule has 98 valence electrons. The summed E-state index contributed by atoms with van der Waals surface area (Å²) in [5.41, 5.74) is 1.79. The fourth-order valence-electron chi connectivity index (χ4n) is 2.86. The van der Waals surface area contributed by atoms with E-state index in [0.717, 1.165) is 26.2 Å². The number of ether oxygens (including phenoxy) is 2. The Hall–Kier alpha value is -0.500. The van der Waals surface area contributed by atoms with Crippen molar-refractivity contribution in [3.05, 3.63) is 11.8 Å². The van der Waals surface area contributed by atoms with Crippen molar-refractivity contribution in [1.29, 1.82) is 0 Å². The smallest absolute Gasteiger partial charge is 0.0951 e. The van der Waals surface area contributed by atoms with Crippen molar-refractivity contribution in [1.82, 2.24) is 0 Å². The summed E-state index contributed by atoms with van der Waals surface area (Å²) >= 11 is 0. The van der Waals surface area contributed by atoms with Crippen LogP contribution in [0.1, 0.15) is 58.3 Å². The van der Waals surface area contributed by atoms with Gasteiger partial charge in [0.05, 0.1) is 19.5 Å². The molecule has 1 saturated heterocycles. The third-order valence-corrected chi connectivity index (χ3v) is 4.29. The third kappa shape index (κ3) is 3.74. The molecule has 0 amide bonds. The van der Waals surface area contributed by atoms with E-state index in [1.807, 2.05) is 6.26 Å². The summed E-state index contributed by atoms with van der Waals surface area (Å²) in [5.74, 6) is 0. The predicted molar refractivity (Wildman–Crippen MR) is 69.9 cm³/mol. The van der Waals surface area contributed by atoms with Crippen LogP contribution in [0.3, 0.4) is 0 Å². The summed E-state index contributed by atoms with van der Waals surface area (Å²) in [4.78, 5) is 0. The second kappa shape index (κ2) is 6.44. The zero-order chi connectivity index (χ0) is 12.0. The van der Waals surface area contributed by atoms with Crippen molar-refractivity contribution in [2.45, 2.75) is 58.3 Å². The van der Waals surface area contributed by atoms with E-state index < -0.39 is 0 Å². The van der Waals surface area contributed by atoms with E-state index >= 15 is 0 Å². The Labute approximate surface area is 105 Å². The van der Waals surface area contributed by atoms with Gasteiger partial charge in [0.25, 0.3) is 0 Å². The molecule has 2 heteroatoms. The number of rotatable bonds is 4. The summed E-state index contributed by atoms with van der Waals surface area (Å²) in [5, 5.41) is 0. The summed E-state index contributed by atoms with van der Waals surface area (Å²) in [7, 11) is 0. The Morgan fingerprint density at radius 3 is 2.71 bits per heavy atom. The molecule has 0 aromatic carbocycles. The van der Waals surface area contributed by atoms with E-state index in [0.29, 0.717) is 0 Å². The van der Waals surface area contributed by atoms with Gasteiger partial charge >= 0.3 is 0 Å². The maximum absolute atomic E-state index is 5.86. The van der Waals surface area contributed by atoms with E-state index in [4.69, 9.17) is 9.47 Å². The molecule has 2 fully saturated rings. The van der Waals surface area contributed by atoms with Crippen LogP contribution in [0.5, 0.6) is 0 Å². The molecule has 1 unspecified atom stereocenters. The molecule has 0 radical (unpaired) electrons. The van der Waals surface area contributed by atoms with Gasteiger partial charge in [-0.2, -0.15) is 0 Å². The van der Waals surface area contributed by atoms with Gasteiger partial charge in [-0.15, -0.1) is 0 Å². The molecule has 0 spiro atoms. The van der Waals surface area contributed by atoms with Crippen LogP contribution in [0.2, 0.25) is 0 Å². The first-order valence-electron chi connectivity index (χ1n) is 7.22. The minimum atomic E-state index is 0.282. The molecule has 1 aliphatic carbocycles. The fourth-order valence-corrected chi connectivity index (χ4v) is 2.86. The molecule has 2 aliphatic rings. The first-order valence-corrected chi connectivity index (χ1v) is 7.22. The van der Waals surface area contributed by atoms with Crippen molar-refractivity contribution < 1.29 is 9.47 Å². The van der Waals surface area contributed by atoms with Crippen molar-refractivity contribution in [2.24, 2.45) is 5.41 Å². The first-order chi connectivity index (χ1) is 8.35. The van der Waals surface area contributed by atoms with Gasteiger partial charge in [0, 0.05) is 12.0 Å². The third-order valence-electron chi connectivity index (χ3n) is 4.29. The zero-order valence-corrected chi connectivity index (χ0v) is 11.2. The fraction of sp³-hybridized carbons (Fsp3) is 0.867. The van der Waals surface area contributed by atoms with Crippen LogP contribution < -0.4 is 0 Å². The van der Waals surface area contributed by atoms with Gasteiger partial charge in [-0.05, 0) is 50.5 Å². The maximum atomic E-state index is 5.86. The Morgan fingerprint density at radius 1 is 1.24 bits per heavy atom. The van der Waals surface area contributed by atoms with Crippen LogP contribution in [0.4, 0.5) is 0 Å². The van der Waals surface area contributed by atoms with Gasteiger partial charge in [-0.25, -0.2) is 0 Å². The molecular formula is C15H26O2. The quantitative estimate of drug-likeness (QED) is 0.688. The Balaban J connectivity index is 1.78. The normalized spacial score (nSPS) is 30.1. The van der Waals surface area contributed by atoms with Crippen molar-refractivity contribution in [2.75, 3.05) is 19.8 Å². The van der Waals surface area contributed by atoms with Crippen LogP contribution in [-0.4, -0.2) is 19.8 Å². The Bertz CT molecular complexity index is 244. The second-order valence-corrected chi connectivity index (χ2v) is 5.66. The Morgan fingerprint density at radius 2 is 2.06 bits per heavy atom. The summed E-state index contributed by atoms with van der Waals surface area (Å²) in [6, 6.07) is 0. The molecule has 1 aliphatic heterocycles. The van der Waals surface area contributed by atoms with Gasteiger partial charge in [0.1, 0.15) is 0 Å².